The van der Waals surface area contributed by atoms with Gasteiger partial charge in [-0.1, -0.05) is 39.0 Å². The van der Waals surface area contributed by atoms with Gasteiger partial charge in [-0.05, 0) is 6.42 Å². The zero-order valence-corrected chi connectivity index (χ0v) is 13.7. The van der Waals surface area contributed by atoms with Gasteiger partial charge in [0.15, 0.2) is 0 Å². The summed E-state index contributed by atoms with van der Waals surface area (Å²) in [5, 5.41) is 20.4. The maximum Gasteiger partial charge on any atom is 0.140 e. The number of ketones is 1. The number of epoxide rings is 1. The first-order valence-corrected chi connectivity index (χ1v) is 8.77. The van der Waals surface area contributed by atoms with Crippen molar-refractivity contribution >= 4 is 5.78 Å². The maximum absolute atomic E-state index is 12.1. The molecule has 2 N–H and O–H groups in total. The third-order valence-electron chi connectivity index (χ3n) is 4.90. The average molecular weight is 322 g/mol. The second kappa shape index (κ2) is 7.16. The first kappa shape index (κ1) is 16.7. The molecule has 2 heterocycles. The molecule has 0 radical (unpaired) electrons. The largest absolute Gasteiger partial charge is 0.468 e. The van der Waals surface area contributed by atoms with E-state index in [0.29, 0.717) is 23.3 Å². The minimum atomic E-state index is -0.797. The van der Waals surface area contributed by atoms with Gasteiger partial charge < -0.3 is 19.4 Å². The second-order valence-electron chi connectivity index (χ2n) is 6.72. The van der Waals surface area contributed by atoms with E-state index >= 15 is 0 Å². The first-order chi connectivity index (χ1) is 11.1. The highest BCUT2D eigenvalue weighted by molar-refractivity contribution is 5.80. The van der Waals surface area contributed by atoms with E-state index in [9.17, 15) is 15.0 Å². The summed E-state index contributed by atoms with van der Waals surface area (Å²) in [6, 6.07) is 0. The Hall–Kier alpha value is -1.17. The SMILES string of the molecule is CCCCCCCCC(=O)Cc1occ2c1[C@@H](O)[C@@H]1O[C@@H]1[C@@H]2O. The van der Waals surface area contributed by atoms with E-state index in [4.69, 9.17) is 9.15 Å². The number of Topliss-reactive ketones (excluding diaryl/α,β-unsaturated/α-hetero) is 1. The van der Waals surface area contributed by atoms with Crippen LogP contribution in [0.3, 0.4) is 0 Å². The van der Waals surface area contributed by atoms with Gasteiger partial charge in [0.1, 0.15) is 36.0 Å². The average Bonchev–Trinajstić information content (AvgIpc) is 3.24. The summed E-state index contributed by atoms with van der Waals surface area (Å²) >= 11 is 0. The van der Waals surface area contributed by atoms with Crippen LogP contribution in [0.1, 0.15) is 81.0 Å². The van der Waals surface area contributed by atoms with Gasteiger partial charge in [0.05, 0.1) is 12.7 Å². The third kappa shape index (κ3) is 3.52. The lowest BCUT2D eigenvalue weighted by atomic mass is 9.88. The maximum atomic E-state index is 12.1. The minimum Gasteiger partial charge on any atom is -0.468 e. The second-order valence-corrected chi connectivity index (χ2v) is 6.72. The molecule has 0 spiro atoms. The monoisotopic (exact) mass is 322 g/mol. The van der Waals surface area contributed by atoms with Gasteiger partial charge >= 0.3 is 0 Å². The number of unbranched alkanes of at least 4 members (excludes halogenated alkanes) is 5. The molecule has 23 heavy (non-hydrogen) atoms. The van der Waals surface area contributed by atoms with Crippen molar-refractivity contribution in [1.82, 2.24) is 0 Å². The molecule has 1 fully saturated rings. The molecule has 1 aromatic rings. The van der Waals surface area contributed by atoms with Crippen molar-refractivity contribution in [2.75, 3.05) is 0 Å². The molecule has 128 valence electrons. The molecule has 0 aromatic carbocycles. The predicted octanol–water partition coefficient (Wildman–Crippen LogP) is 2.99. The number of ether oxygens (including phenoxy) is 1. The van der Waals surface area contributed by atoms with E-state index in [1.165, 1.54) is 31.9 Å². The lowest BCUT2D eigenvalue weighted by Crippen LogP contribution is -2.22. The van der Waals surface area contributed by atoms with Gasteiger partial charge in [-0.3, -0.25) is 4.79 Å². The van der Waals surface area contributed by atoms with Gasteiger partial charge in [0.25, 0.3) is 0 Å². The molecule has 2 aliphatic rings. The number of fused-ring (bicyclic) bond motifs is 2. The van der Waals surface area contributed by atoms with Crippen LogP contribution in [0.15, 0.2) is 10.7 Å². The van der Waals surface area contributed by atoms with Crippen LogP contribution in [-0.4, -0.2) is 28.2 Å². The summed E-state index contributed by atoms with van der Waals surface area (Å²) in [6.45, 7) is 2.19. The zero-order valence-electron chi connectivity index (χ0n) is 13.7. The summed E-state index contributed by atoms with van der Waals surface area (Å²) < 4.78 is 10.7. The molecule has 4 atom stereocenters. The van der Waals surface area contributed by atoms with Crippen molar-refractivity contribution in [3.05, 3.63) is 23.2 Å². The van der Waals surface area contributed by atoms with Crippen molar-refractivity contribution < 1.29 is 24.2 Å². The predicted molar refractivity (Wildman–Crippen MR) is 84.0 cm³/mol. The van der Waals surface area contributed by atoms with Crippen LogP contribution in [0.5, 0.6) is 0 Å². The van der Waals surface area contributed by atoms with E-state index in [2.05, 4.69) is 6.92 Å². The van der Waals surface area contributed by atoms with Crippen molar-refractivity contribution in [2.45, 2.75) is 82.7 Å². The lowest BCUT2D eigenvalue weighted by molar-refractivity contribution is -0.118. The van der Waals surface area contributed by atoms with Gasteiger partial charge in [0.2, 0.25) is 0 Å². The van der Waals surface area contributed by atoms with E-state index in [-0.39, 0.29) is 24.4 Å². The van der Waals surface area contributed by atoms with Gasteiger partial charge in [-0.2, -0.15) is 0 Å². The van der Waals surface area contributed by atoms with Crippen molar-refractivity contribution in [3.8, 4) is 0 Å². The summed E-state index contributed by atoms with van der Waals surface area (Å²) in [6.07, 6.45) is 6.83. The van der Waals surface area contributed by atoms with Gasteiger partial charge in [0, 0.05) is 17.5 Å². The number of aliphatic hydroxyl groups excluding tert-OH is 2. The fourth-order valence-corrected chi connectivity index (χ4v) is 3.48. The van der Waals surface area contributed by atoms with Crippen LogP contribution >= 0.6 is 0 Å². The van der Waals surface area contributed by atoms with Crippen LogP contribution in [-0.2, 0) is 16.0 Å². The zero-order chi connectivity index (χ0) is 16.4. The van der Waals surface area contributed by atoms with Crippen molar-refractivity contribution in [2.24, 2.45) is 0 Å². The van der Waals surface area contributed by atoms with Gasteiger partial charge in [-0.15, -0.1) is 0 Å². The van der Waals surface area contributed by atoms with E-state index in [1.807, 2.05) is 0 Å². The number of hydrogen-bond acceptors (Lipinski definition) is 5. The molecule has 0 bridgehead atoms. The number of carbonyl (C=O) groups is 1. The summed E-state index contributed by atoms with van der Waals surface area (Å²) in [4.78, 5) is 12.1. The van der Waals surface area contributed by atoms with Crippen LogP contribution in [0.2, 0.25) is 0 Å². The highest BCUT2D eigenvalue weighted by Gasteiger charge is 2.56. The fourth-order valence-electron chi connectivity index (χ4n) is 3.48. The van der Waals surface area contributed by atoms with Crippen molar-refractivity contribution in [1.29, 1.82) is 0 Å². The fraction of sp³-hybridized carbons (Fsp3) is 0.722. The van der Waals surface area contributed by atoms with E-state index < -0.39 is 12.2 Å². The summed E-state index contributed by atoms with van der Waals surface area (Å²) in [5.74, 6) is 0.606. The summed E-state index contributed by atoms with van der Waals surface area (Å²) in [5.41, 5.74) is 1.13. The molecule has 1 aromatic heterocycles. The van der Waals surface area contributed by atoms with Crippen LogP contribution in [0.4, 0.5) is 0 Å². The van der Waals surface area contributed by atoms with Crippen LogP contribution in [0, 0.1) is 0 Å². The minimum absolute atomic E-state index is 0.123. The molecule has 1 aliphatic heterocycles. The molecule has 0 unspecified atom stereocenters. The molecule has 0 amide bonds. The topological polar surface area (TPSA) is 83.2 Å². The first-order valence-electron chi connectivity index (χ1n) is 8.77. The Labute approximate surface area is 136 Å². The highest BCUT2D eigenvalue weighted by atomic mass is 16.6. The lowest BCUT2D eigenvalue weighted by Gasteiger charge is -2.18. The number of rotatable bonds is 9. The van der Waals surface area contributed by atoms with Crippen LogP contribution in [0.25, 0.3) is 0 Å². The Bertz CT molecular complexity index is 550. The number of hydrogen-bond donors (Lipinski definition) is 2. The number of furan rings is 1. The Morgan fingerprint density at radius 2 is 1.78 bits per heavy atom. The molecule has 1 saturated heterocycles. The Kier molecular flexibility index (Phi) is 5.19. The number of aliphatic hydroxyl groups is 2. The highest BCUT2D eigenvalue weighted by Crippen LogP contribution is 2.50. The Morgan fingerprint density at radius 3 is 2.57 bits per heavy atom. The number of carbonyl (C=O) groups excluding carboxylic acids is 1. The summed E-state index contributed by atoms with van der Waals surface area (Å²) in [7, 11) is 0. The van der Waals surface area contributed by atoms with Crippen molar-refractivity contribution in [3.63, 3.8) is 0 Å². The smallest absolute Gasteiger partial charge is 0.140 e. The third-order valence-corrected chi connectivity index (χ3v) is 4.90. The molecular formula is C18H26O5. The quantitative estimate of drug-likeness (QED) is 0.539. The molecule has 1 aliphatic carbocycles. The normalized spacial score (nSPS) is 28.3. The van der Waals surface area contributed by atoms with E-state index in [1.54, 1.807) is 0 Å². The standard InChI is InChI=1S/C18H26O5/c1-2-3-4-5-6-7-8-11(19)9-13-14-12(10-22-13)15(20)17-18(23-17)16(14)21/h10,15-18,20-21H,2-9H2,1H3/t15-,16-,17-,18+/m1/s1. The Morgan fingerprint density at radius 1 is 1.09 bits per heavy atom. The molecule has 5 heteroatoms. The Balaban J connectivity index is 1.50. The van der Waals surface area contributed by atoms with E-state index in [0.717, 1.165) is 12.8 Å². The van der Waals surface area contributed by atoms with Crippen LogP contribution < -0.4 is 0 Å². The molecule has 0 saturated carbocycles. The molecule has 3 rings (SSSR count). The molecule has 5 nitrogen and oxygen atoms in total. The van der Waals surface area contributed by atoms with Gasteiger partial charge in [-0.25, -0.2) is 0 Å². The molecular weight excluding hydrogens is 296 g/mol.